The van der Waals surface area contributed by atoms with Crippen molar-refractivity contribution in [2.75, 3.05) is 20.6 Å². The second-order valence-corrected chi connectivity index (χ2v) is 9.64. The molecule has 0 aromatic rings. The van der Waals surface area contributed by atoms with Gasteiger partial charge in [-0.3, -0.25) is 14.5 Å². The van der Waals surface area contributed by atoms with Crippen molar-refractivity contribution in [3.8, 4) is 0 Å². The van der Waals surface area contributed by atoms with E-state index >= 15 is 0 Å². The number of likely N-dealkylation sites (tertiary alicyclic amines) is 1. The van der Waals surface area contributed by atoms with Gasteiger partial charge in [0, 0.05) is 12.6 Å². The van der Waals surface area contributed by atoms with Crippen molar-refractivity contribution in [3.63, 3.8) is 0 Å². The van der Waals surface area contributed by atoms with E-state index in [0.717, 1.165) is 25.8 Å². The summed E-state index contributed by atoms with van der Waals surface area (Å²) in [6.07, 6.45) is 4.49. The van der Waals surface area contributed by atoms with E-state index in [1.54, 1.807) is 18.0 Å². The molecule has 1 aliphatic rings. The molecule has 0 spiro atoms. The van der Waals surface area contributed by atoms with Crippen molar-refractivity contribution in [2.45, 2.75) is 78.9 Å². The summed E-state index contributed by atoms with van der Waals surface area (Å²) in [5, 5.41) is 12.2. The second kappa shape index (κ2) is 10.2. The van der Waals surface area contributed by atoms with Gasteiger partial charge < -0.3 is 15.3 Å². The van der Waals surface area contributed by atoms with E-state index < -0.39 is 17.4 Å². The number of hydrogen-bond acceptors (Lipinski definition) is 4. The molecule has 2 amide bonds. The van der Waals surface area contributed by atoms with Crippen LogP contribution in [-0.2, 0) is 14.4 Å². The summed E-state index contributed by atoms with van der Waals surface area (Å²) in [4.78, 5) is 41.2. The third kappa shape index (κ3) is 6.84. The molecular weight excluding hydrogens is 370 g/mol. The molecule has 1 fully saturated rings. The van der Waals surface area contributed by atoms with Gasteiger partial charge in [-0.25, -0.2) is 4.79 Å². The molecule has 0 bridgehead atoms. The van der Waals surface area contributed by atoms with Crippen LogP contribution in [0.4, 0.5) is 0 Å². The maximum atomic E-state index is 13.4. The summed E-state index contributed by atoms with van der Waals surface area (Å²) in [5.41, 5.74) is -0.287. The molecule has 7 nitrogen and oxygen atoms in total. The molecule has 1 saturated heterocycles. The Labute approximate surface area is 175 Å². The van der Waals surface area contributed by atoms with Gasteiger partial charge in [-0.15, -0.1) is 0 Å². The van der Waals surface area contributed by atoms with Crippen LogP contribution in [0.5, 0.6) is 0 Å². The number of piperidine rings is 1. The molecule has 166 valence electrons. The monoisotopic (exact) mass is 409 g/mol. The van der Waals surface area contributed by atoms with Crippen molar-refractivity contribution >= 4 is 17.8 Å². The maximum absolute atomic E-state index is 13.4. The first-order valence-corrected chi connectivity index (χ1v) is 10.5. The minimum atomic E-state index is -1.00. The van der Waals surface area contributed by atoms with E-state index in [0.29, 0.717) is 0 Å². The Bertz CT molecular complexity index is 636. The van der Waals surface area contributed by atoms with E-state index in [4.69, 9.17) is 0 Å². The predicted molar refractivity (Wildman–Crippen MR) is 114 cm³/mol. The molecule has 1 heterocycles. The lowest BCUT2D eigenvalue weighted by atomic mass is 9.84. The largest absolute Gasteiger partial charge is 0.478 e. The lowest BCUT2D eigenvalue weighted by Crippen LogP contribution is -2.59. The van der Waals surface area contributed by atoms with E-state index in [1.165, 1.54) is 6.92 Å². The van der Waals surface area contributed by atoms with E-state index in [9.17, 15) is 19.5 Å². The Morgan fingerprint density at radius 3 is 2.24 bits per heavy atom. The summed E-state index contributed by atoms with van der Waals surface area (Å²) in [6, 6.07) is -1.30. The van der Waals surface area contributed by atoms with Crippen LogP contribution in [0.3, 0.4) is 0 Å². The van der Waals surface area contributed by atoms with Crippen LogP contribution in [0.1, 0.15) is 60.8 Å². The van der Waals surface area contributed by atoms with Gasteiger partial charge in [-0.05, 0) is 44.7 Å². The first kappa shape index (κ1) is 25.1. The summed E-state index contributed by atoms with van der Waals surface area (Å²) in [5.74, 6) is -1.30. The Kier molecular flexibility index (Phi) is 8.87. The van der Waals surface area contributed by atoms with E-state index in [1.807, 2.05) is 46.6 Å². The van der Waals surface area contributed by atoms with Crippen molar-refractivity contribution in [1.29, 1.82) is 0 Å². The lowest BCUT2D eigenvalue weighted by molar-refractivity contribution is -0.141. The van der Waals surface area contributed by atoms with Crippen molar-refractivity contribution in [3.05, 3.63) is 11.6 Å². The Morgan fingerprint density at radius 1 is 1.21 bits per heavy atom. The summed E-state index contributed by atoms with van der Waals surface area (Å²) in [6.45, 7) is 12.1. The van der Waals surface area contributed by atoms with Crippen molar-refractivity contribution in [1.82, 2.24) is 15.1 Å². The molecule has 1 rings (SSSR count). The highest BCUT2D eigenvalue weighted by molar-refractivity contribution is 5.91. The fraction of sp³-hybridized carbons (Fsp3) is 0.773. The van der Waals surface area contributed by atoms with Crippen LogP contribution in [0, 0.1) is 11.3 Å². The van der Waals surface area contributed by atoms with Gasteiger partial charge in [0.2, 0.25) is 11.8 Å². The summed E-state index contributed by atoms with van der Waals surface area (Å²) < 4.78 is 0. The Balaban J connectivity index is 3.10. The second-order valence-electron chi connectivity index (χ2n) is 9.64. The maximum Gasteiger partial charge on any atom is 0.331 e. The quantitative estimate of drug-likeness (QED) is 0.631. The zero-order valence-electron chi connectivity index (χ0n) is 19.3. The van der Waals surface area contributed by atoms with Gasteiger partial charge in [0.1, 0.15) is 6.04 Å². The Morgan fingerprint density at radius 2 is 1.79 bits per heavy atom. The van der Waals surface area contributed by atoms with Crippen LogP contribution >= 0.6 is 0 Å². The number of rotatable bonds is 7. The number of hydrogen-bond donors (Lipinski definition) is 2. The molecular formula is C22H39N3O4. The zero-order chi connectivity index (χ0) is 22.5. The third-order valence-corrected chi connectivity index (χ3v) is 5.71. The molecule has 0 aliphatic carbocycles. The van der Waals surface area contributed by atoms with Crippen molar-refractivity contribution < 1.29 is 19.5 Å². The normalized spacial score (nSPS) is 20.9. The summed E-state index contributed by atoms with van der Waals surface area (Å²) >= 11 is 0. The topological polar surface area (TPSA) is 90.0 Å². The molecule has 2 N–H and O–H groups in total. The zero-order valence-corrected chi connectivity index (χ0v) is 19.3. The first-order chi connectivity index (χ1) is 13.3. The number of nitrogens with zero attached hydrogens (tertiary/aromatic N) is 2. The van der Waals surface area contributed by atoms with Gasteiger partial charge in [0.15, 0.2) is 0 Å². The standard InChI is InChI=1S/C22H39N3O4/c1-14(2)17(13-15(3)21(28)29)25(8)20(27)18(22(4,5)6)23-19(26)16-11-9-10-12-24(16)7/h13-14,16-18H,9-12H2,1-8H3,(H,23,26)(H,28,29)/b15-13+/t16-,17?,18-/m1/s1. The molecule has 1 aliphatic heterocycles. The number of carboxylic acids is 1. The van der Waals surface area contributed by atoms with Crippen LogP contribution in [0.25, 0.3) is 0 Å². The number of likely N-dealkylation sites (N-methyl/N-ethyl adjacent to an activating group) is 2. The summed E-state index contributed by atoms with van der Waals surface area (Å²) in [7, 11) is 3.62. The minimum Gasteiger partial charge on any atom is -0.478 e. The third-order valence-electron chi connectivity index (χ3n) is 5.71. The van der Waals surface area contributed by atoms with Gasteiger partial charge in [-0.1, -0.05) is 47.1 Å². The lowest BCUT2D eigenvalue weighted by Gasteiger charge is -2.39. The van der Waals surface area contributed by atoms with Gasteiger partial charge >= 0.3 is 5.97 Å². The SMILES string of the molecule is C/C(=C\C(C(C)C)N(C)C(=O)[C@@H](NC(=O)[C@H]1CCCCN1C)C(C)(C)C)C(=O)O. The predicted octanol–water partition coefficient (Wildman–Crippen LogP) is 2.52. The number of carboxylic acid groups (broad SMARTS) is 1. The van der Waals surface area contributed by atoms with E-state index in [-0.39, 0.29) is 35.4 Å². The number of carbonyl (C=O) groups excluding carboxylic acids is 2. The van der Waals surface area contributed by atoms with Crippen LogP contribution < -0.4 is 5.32 Å². The highest BCUT2D eigenvalue weighted by atomic mass is 16.4. The fourth-order valence-corrected chi connectivity index (χ4v) is 3.72. The minimum absolute atomic E-state index is 0.0269. The van der Waals surface area contributed by atoms with Crippen molar-refractivity contribution in [2.24, 2.45) is 11.3 Å². The van der Waals surface area contributed by atoms with E-state index in [2.05, 4.69) is 5.32 Å². The fourth-order valence-electron chi connectivity index (χ4n) is 3.72. The average molecular weight is 410 g/mol. The smallest absolute Gasteiger partial charge is 0.331 e. The number of carbonyl (C=O) groups is 3. The van der Waals surface area contributed by atoms with Crippen LogP contribution in [0.2, 0.25) is 0 Å². The average Bonchev–Trinajstić information content (AvgIpc) is 2.61. The molecule has 0 aromatic heterocycles. The molecule has 0 radical (unpaired) electrons. The molecule has 0 saturated carbocycles. The molecule has 7 heteroatoms. The molecule has 1 unspecified atom stereocenters. The van der Waals surface area contributed by atoms with Crippen LogP contribution in [-0.4, -0.2) is 71.5 Å². The van der Waals surface area contributed by atoms with Crippen LogP contribution in [0.15, 0.2) is 11.6 Å². The Hall–Kier alpha value is -1.89. The van der Waals surface area contributed by atoms with Gasteiger partial charge in [0.25, 0.3) is 0 Å². The number of aliphatic carboxylic acids is 1. The first-order valence-electron chi connectivity index (χ1n) is 10.5. The van der Waals surface area contributed by atoms with Gasteiger partial charge in [0.05, 0.1) is 12.1 Å². The molecule has 0 aromatic carbocycles. The highest BCUT2D eigenvalue weighted by Crippen LogP contribution is 2.25. The molecule has 3 atom stereocenters. The number of amides is 2. The highest BCUT2D eigenvalue weighted by Gasteiger charge is 2.39. The van der Waals surface area contributed by atoms with Gasteiger partial charge in [-0.2, -0.15) is 0 Å². The number of nitrogens with one attached hydrogen (secondary N) is 1. The molecule has 29 heavy (non-hydrogen) atoms.